The molecule has 0 bridgehead atoms. The lowest BCUT2D eigenvalue weighted by atomic mass is 9.89. The number of aliphatic hydroxyl groups is 1. The van der Waals surface area contributed by atoms with E-state index >= 15 is 0 Å². The Balaban J connectivity index is 2.30. The molecular weight excluding hydrogens is 566 g/mol. The molecule has 12 nitrogen and oxygen atoms in total. The van der Waals surface area contributed by atoms with Crippen LogP contribution < -0.4 is 21.4 Å². The Kier molecular flexibility index (Phi) is 16.0. The number of amides is 4. The molecule has 2 rings (SSSR count). The number of nitrogens with zero attached hydrogens (tertiary/aromatic N) is 1. The van der Waals surface area contributed by atoms with Crippen molar-refractivity contribution in [3.8, 4) is 0 Å². The second kappa shape index (κ2) is 19.1. The van der Waals surface area contributed by atoms with Crippen LogP contribution in [-0.4, -0.2) is 85.2 Å². The van der Waals surface area contributed by atoms with Crippen molar-refractivity contribution < 1.29 is 33.8 Å². The third-order valence-corrected chi connectivity index (χ3v) is 7.88. The predicted molar refractivity (Wildman–Crippen MR) is 167 cm³/mol. The summed E-state index contributed by atoms with van der Waals surface area (Å²) in [6.45, 7) is 9.66. The first kappa shape index (κ1) is 36.8. The molecule has 1 aliphatic rings. The molecule has 0 aromatic heterocycles. The summed E-state index contributed by atoms with van der Waals surface area (Å²) in [6, 6.07) is 7.01. The quantitative estimate of drug-likeness (QED) is 0.177. The summed E-state index contributed by atoms with van der Waals surface area (Å²) >= 11 is 0. The van der Waals surface area contributed by atoms with Gasteiger partial charge in [0, 0.05) is 13.1 Å². The number of nitrogens with one attached hydrogen (secondary N) is 4. The number of carbonyl (C=O) groups is 4. The SMILES string of the molecule is CCOC(=O)NC(C(=O)N[C@@H](Cc1ccccc1)[C@H](O)CN(CC1CCCCC1)NC(=O)C(NC(=O)OC)C(C)C)C(C)C. The van der Waals surface area contributed by atoms with Crippen LogP contribution in [0, 0.1) is 17.8 Å². The lowest BCUT2D eigenvalue weighted by Crippen LogP contribution is -2.60. The minimum Gasteiger partial charge on any atom is -0.453 e. The number of carbonyl (C=O) groups excluding carboxylic acids is 4. The van der Waals surface area contributed by atoms with Gasteiger partial charge in [0.1, 0.15) is 12.1 Å². The van der Waals surface area contributed by atoms with Gasteiger partial charge >= 0.3 is 12.2 Å². The number of aliphatic hydroxyl groups excluding tert-OH is 1. The topological polar surface area (TPSA) is 158 Å². The standard InChI is InChI=1S/C32H53N5O7/c1-7-44-32(42)35-27(21(2)3)29(39)33-25(18-23-14-10-8-11-15-23)26(38)20-37(19-24-16-12-9-13-17-24)36-30(40)28(22(4)5)34-31(41)43-6/h8,10-11,14-15,21-22,24-28,38H,7,9,12-13,16-20H2,1-6H3,(H,33,39)(H,34,41)(H,35,42)(H,36,40)/t25-,26+,27?,28?/m0/s1. The van der Waals surface area contributed by atoms with E-state index in [9.17, 15) is 24.3 Å². The van der Waals surface area contributed by atoms with E-state index in [1.54, 1.807) is 11.9 Å². The number of alkyl carbamates (subject to hydrolysis) is 2. The average Bonchev–Trinajstić information content (AvgIpc) is 2.98. The zero-order valence-corrected chi connectivity index (χ0v) is 27.1. The van der Waals surface area contributed by atoms with Crippen molar-refractivity contribution >= 4 is 24.0 Å². The Hall–Kier alpha value is -3.38. The van der Waals surface area contributed by atoms with Gasteiger partial charge in [0.15, 0.2) is 0 Å². The highest BCUT2D eigenvalue weighted by Crippen LogP contribution is 2.24. The number of methoxy groups -OCH3 is 1. The Morgan fingerprint density at radius 2 is 1.48 bits per heavy atom. The number of ether oxygens (including phenoxy) is 2. The lowest BCUT2D eigenvalue weighted by Gasteiger charge is -2.35. The number of hydrogen-bond donors (Lipinski definition) is 5. The number of hydrazine groups is 1. The molecule has 1 aromatic carbocycles. The van der Waals surface area contributed by atoms with Crippen LogP contribution in [-0.2, 0) is 25.5 Å². The summed E-state index contributed by atoms with van der Waals surface area (Å²) in [4.78, 5) is 51.0. The van der Waals surface area contributed by atoms with Crippen molar-refractivity contribution in [3.05, 3.63) is 35.9 Å². The van der Waals surface area contributed by atoms with Crippen LogP contribution in [0.15, 0.2) is 30.3 Å². The van der Waals surface area contributed by atoms with E-state index in [1.807, 2.05) is 58.0 Å². The molecular formula is C32H53N5O7. The Morgan fingerprint density at radius 1 is 0.886 bits per heavy atom. The summed E-state index contributed by atoms with van der Waals surface area (Å²) in [7, 11) is 1.24. The van der Waals surface area contributed by atoms with Crippen LogP contribution in [0.1, 0.15) is 72.3 Å². The second-order valence-electron chi connectivity index (χ2n) is 12.2. The summed E-state index contributed by atoms with van der Waals surface area (Å²) in [5.41, 5.74) is 3.84. The fraction of sp³-hybridized carbons (Fsp3) is 0.688. The zero-order chi connectivity index (χ0) is 32.6. The zero-order valence-electron chi connectivity index (χ0n) is 27.1. The molecule has 4 atom stereocenters. The van der Waals surface area contributed by atoms with Crippen molar-refractivity contribution in [3.63, 3.8) is 0 Å². The molecule has 2 unspecified atom stereocenters. The molecule has 1 saturated carbocycles. The van der Waals surface area contributed by atoms with Crippen LogP contribution in [0.2, 0.25) is 0 Å². The average molecular weight is 620 g/mol. The summed E-state index contributed by atoms with van der Waals surface area (Å²) < 4.78 is 9.70. The molecule has 0 radical (unpaired) electrons. The summed E-state index contributed by atoms with van der Waals surface area (Å²) in [6.07, 6.45) is 3.22. The van der Waals surface area contributed by atoms with Gasteiger partial charge in [-0.2, -0.15) is 0 Å². The normalized spacial score (nSPS) is 16.5. The van der Waals surface area contributed by atoms with E-state index in [-0.39, 0.29) is 25.0 Å². The minimum atomic E-state index is -1.09. The van der Waals surface area contributed by atoms with Crippen LogP contribution in [0.25, 0.3) is 0 Å². The van der Waals surface area contributed by atoms with Crippen LogP contribution in [0.3, 0.4) is 0 Å². The molecule has 12 heteroatoms. The number of rotatable bonds is 16. The molecule has 0 spiro atoms. The van der Waals surface area contributed by atoms with Gasteiger partial charge in [-0.15, -0.1) is 0 Å². The van der Waals surface area contributed by atoms with Crippen molar-refractivity contribution in [2.75, 3.05) is 26.8 Å². The first-order valence-corrected chi connectivity index (χ1v) is 15.8. The number of benzene rings is 1. The van der Waals surface area contributed by atoms with Gasteiger partial charge in [-0.1, -0.05) is 77.3 Å². The fourth-order valence-corrected chi connectivity index (χ4v) is 5.40. The Labute approximate surface area is 262 Å². The van der Waals surface area contributed by atoms with E-state index < -0.39 is 48.2 Å². The fourth-order valence-electron chi connectivity index (χ4n) is 5.40. The molecule has 44 heavy (non-hydrogen) atoms. The van der Waals surface area contributed by atoms with Crippen molar-refractivity contribution in [2.24, 2.45) is 17.8 Å². The maximum Gasteiger partial charge on any atom is 0.407 e. The Morgan fingerprint density at radius 3 is 2.05 bits per heavy atom. The molecule has 4 amide bonds. The van der Waals surface area contributed by atoms with Gasteiger partial charge in [-0.3, -0.25) is 15.0 Å². The van der Waals surface area contributed by atoms with E-state index in [0.717, 1.165) is 31.2 Å². The first-order chi connectivity index (χ1) is 20.9. The van der Waals surface area contributed by atoms with E-state index in [4.69, 9.17) is 9.47 Å². The van der Waals surface area contributed by atoms with Crippen molar-refractivity contribution in [1.82, 2.24) is 26.4 Å². The summed E-state index contributed by atoms with van der Waals surface area (Å²) in [5, 5.41) is 21.5. The van der Waals surface area contributed by atoms with Gasteiger partial charge in [0.25, 0.3) is 5.91 Å². The van der Waals surface area contributed by atoms with Crippen molar-refractivity contribution in [1.29, 1.82) is 0 Å². The first-order valence-electron chi connectivity index (χ1n) is 15.8. The largest absolute Gasteiger partial charge is 0.453 e. The highest BCUT2D eigenvalue weighted by Gasteiger charge is 2.32. The molecule has 1 aliphatic carbocycles. The van der Waals surface area contributed by atoms with Crippen LogP contribution >= 0.6 is 0 Å². The number of hydrogen-bond acceptors (Lipinski definition) is 8. The monoisotopic (exact) mass is 619 g/mol. The van der Waals surface area contributed by atoms with Gasteiger partial charge in [-0.05, 0) is 49.5 Å². The molecule has 1 aromatic rings. The van der Waals surface area contributed by atoms with Gasteiger partial charge in [0.2, 0.25) is 5.91 Å². The van der Waals surface area contributed by atoms with Crippen molar-refractivity contribution in [2.45, 2.75) is 97.4 Å². The van der Waals surface area contributed by atoms with Gasteiger partial charge < -0.3 is 30.5 Å². The maximum atomic E-state index is 13.5. The molecule has 248 valence electrons. The highest BCUT2D eigenvalue weighted by atomic mass is 16.5. The lowest BCUT2D eigenvalue weighted by molar-refractivity contribution is -0.131. The molecule has 0 heterocycles. The predicted octanol–water partition coefficient (Wildman–Crippen LogP) is 3.14. The van der Waals surface area contributed by atoms with Gasteiger partial charge in [0.05, 0.1) is 25.9 Å². The molecule has 1 fully saturated rings. The molecule has 0 saturated heterocycles. The maximum absolute atomic E-state index is 13.5. The second-order valence-corrected chi connectivity index (χ2v) is 12.2. The van der Waals surface area contributed by atoms with E-state index in [1.165, 1.54) is 13.5 Å². The van der Waals surface area contributed by atoms with Crippen LogP contribution in [0.5, 0.6) is 0 Å². The van der Waals surface area contributed by atoms with Crippen LogP contribution in [0.4, 0.5) is 9.59 Å². The Bertz CT molecular complexity index is 1030. The molecule has 0 aliphatic heterocycles. The minimum absolute atomic E-state index is 0.0285. The summed E-state index contributed by atoms with van der Waals surface area (Å²) in [5.74, 6) is -1.01. The highest BCUT2D eigenvalue weighted by molar-refractivity contribution is 5.86. The van der Waals surface area contributed by atoms with E-state index in [0.29, 0.717) is 18.9 Å². The van der Waals surface area contributed by atoms with Gasteiger partial charge in [-0.25, -0.2) is 14.6 Å². The third kappa shape index (κ3) is 12.7. The third-order valence-electron chi connectivity index (χ3n) is 7.88. The van der Waals surface area contributed by atoms with E-state index in [2.05, 4.69) is 21.4 Å². The molecule has 5 N–H and O–H groups in total. The smallest absolute Gasteiger partial charge is 0.407 e.